The zero-order chi connectivity index (χ0) is 23.5. The van der Waals surface area contributed by atoms with E-state index in [2.05, 4.69) is 47.3 Å². The van der Waals surface area contributed by atoms with Gasteiger partial charge in [0.2, 0.25) is 0 Å². The molecule has 9 heteroatoms. The van der Waals surface area contributed by atoms with Gasteiger partial charge in [0.1, 0.15) is 0 Å². The fraction of sp³-hybridized carbons (Fsp3) is 0.870. The van der Waals surface area contributed by atoms with E-state index >= 15 is 0 Å². The Hall–Kier alpha value is -1.55. The van der Waals surface area contributed by atoms with E-state index in [4.69, 9.17) is 4.84 Å². The summed E-state index contributed by atoms with van der Waals surface area (Å²) in [6.07, 6.45) is 1.06. The van der Waals surface area contributed by atoms with E-state index in [1.807, 2.05) is 0 Å². The maximum Gasteiger partial charge on any atom is 0.333 e. The molecule has 2 aliphatic rings. The molecule has 32 heavy (non-hydrogen) atoms. The number of hydrogen-bond donors (Lipinski definition) is 0. The Labute approximate surface area is 193 Å². The SMILES string of the molecule is CCN1CCN(CC)CCN(C(C)CCC(=O)ON2C(=O)CCC2=O)CCN(CC)CC1. The molecule has 1 unspecified atom stereocenters. The lowest BCUT2D eigenvalue weighted by molar-refractivity contribution is -0.197. The highest BCUT2D eigenvalue weighted by atomic mass is 16.7. The first-order valence-corrected chi connectivity index (χ1v) is 12.4. The van der Waals surface area contributed by atoms with E-state index in [0.29, 0.717) is 11.5 Å². The lowest BCUT2D eigenvalue weighted by atomic mass is 10.1. The third kappa shape index (κ3) is 8.42. The van der Waals surface area contributed by atoms with E-state index in [-0.39, 0.29) is 25.3 Å². The molecule has 0 N–H and O–H groups in total. The summed E-state index contributed by atoms with van der Waals surface area (Å²) in [5.74, 6) is -1.37. The largest absolute Gasteiger partial charge is 0.333 e. The van der Waals surface area contributed by atoms with Crippen LogP contribution in [-0.4, -0.2) is 120 Å². The van der Waals surface area contributed by atoms with Crippen molar-refractivity contribution in [2.24, 2.45) is 0 Å². The third-order valence-corrected chi connectivity index (χ3v) is 6.80. The second kappa shape index (κ2) is 13.9. The van der Waals surface area contributed by atoms with Crippen LogP contribution in [0.1, 0.15) is 53.4 Å². The number of hydrogen-bond acceptors (Lipinski definition) is 8. The van der Waals surface area contributed by atoms with Crippen LogP contribution in [0, 0.1) is 0 Å². The van der Waals surface area contributed by atoms with Crippen LogP contribution in [0.3, 0.4) is 0 Å². The first-order valence-electron chi connectivity index (χ1n) is 12.4. The molecule has 9 nitrogen and oxygen atoms in total. The average molecular weight is 454 g/mol. The van der Waals surface area contributed by atoms with Crippen molar-refractivity contribution in [2.45, 2.75) is 59.4 Å². The highest BCUT2D eigenvalue weighted by molar-refractivity contribution is 6.01. The normalized spacial score (nSPS) is 22.6. The Kier molecular flexibility index (Phi) is 11.6. The molecule has 0 spiro atoms. The number of carbonyl (C=O) groups is 3. The zero-order valence-electron chi connectivity index (χ0n) is 20.6. The van der Waals surface area contributed by atoms with Gasteiger partial charge in [-0.2, -0.15) is 0 Å². The molecule has 2 fully saturated rings. The number of imide groups is 1. The smallest absolute Gasteiger partial charge is 0.330 e. The molecule has 0 aromatic carbocycles. The van der Waals surface area contributed by atoms with Crippen molar-refractivity contribution in [1.29, 1.82) is 0 Å². The standard InChI is InChI=1S/C23H43N5O4/c1-5-24-12-14-25(6-2)16-18-27(19-17-26(7-3)15-13-24)20(4)8-11-23(31)32-28-21(29)9-10-22(28)30/h20H,5-19H2,1-4H3. The maximum absolute atomic E-state index is 12.2. The fourth-order valence-electron chi connectivity index (χ4n) is 4.26. The summed E-state index contributed by atoms with van der Waals surface area (Å²) >= 11 is 0. The van der Waals surface area contributed by atoms with Crippen LogP contribution in [0.4, 0.5) is 0 Å². The van der Waals surface area contributed by atoms with Crippen molar-refractivity contribution in [1.82, 2.24) is 24.7 Å². The summed E-state index contributed by atoms with van der Waals surface area (Å²) in [5.41, 5.74) is 0. The minimum absolute atomic E-state index is 0.119. The van der Waals surface area contributed by atoms with Gasteiger partial charge in [-0.15, -0.1) is 5.06 Å². The molecule has 0 aromatic heterocycles. The van der Waals surface area contributed by atoms with Gasteiger partial charge in [0, 0.05) is 77.7 Å². The molecule has 2 rings (SSSR count). The molecule has 0 radical (unpaired) electrons. The molecule has 184 valence electrons. The van der Waals surface area contributed by atoms with Crippen LogP contribution in [0.2, 0.25) is 0 Å². The number of amides is 2. The average Bonchev–Trinajstić information content (AvgIpc) is 3.10. The van der Waals surface area contributed by atoms with E-state index in [9.17, 15) is 14.4 Å². The molecule has 0 aromatic rings. The monoisotopic (exact) mass is 453 g/mol. The van der Waals surface area contributed by atoms with Gasteiger partial charge in [-0.1, -0.05) is 20.8 Å². The van der Waals surface area contributed by atoms with Crippen LogP contribution >= 0.6 is 0 Å². The number of hydroxylamine groups is 2. The molecule has 2 amide bonds. The first-order chi connectivity index (χ1) is 15.4. The molecule has 1 atom stereocenters. The van der Waals surface area contributed by atoms with E-state index in [0.717, 1.165) is 72.0 Å². The van der Waals surface area contributed by atoms with Gasteiger partial charge in [-0.25, -0.2) is 4.79 Å². The summed E-state index contributed by atoms with van der Waals surface area (Å²) in [7, 11) is 0. The number of nitrogens with zero attached hydrogens (tertiary/aromatic N) is 5. The Bertz CT molecular complexity index is 581. The van der Waals surface area contributed by atoms with Crippen molar-refractivity contribution >= 4 is 17.8 Å². The van der Waals surface area contributed by atoms with E-state index in [1.165, 1.54) is 0 Å². The molecule has 0 saturated carbocycles. The van der Waals surface area contributed by atoms with Crippen LogP contribution < -0.4 is 0 Å². The summed E-state index contributed by atoms with van der Waals surface area (Å²) in [6.45, 7) is 20.2. The van der Waals surface area contributed by atoms with Crippen molar-refractivity contribution in [3.05, 3.63) is 0 Å². The van der Waals surface area contributed by atoms with Gasteiger partial charge in [-0.05, 0) is 33.0 Å². The van der Waals surface area contributed by atoms with Crippen LogP contribution in [0.5, 0.6) is 0 Å². The van der Waals surface area contributed by atoms with Gasteiger partial charge >= 0.3 is 5.97 Å². The summed E-state index contributed by atoms with van der Waals surface area (Å²) < 4.78 is 0. The minimum atomic E-state index is -0.514. The Morgan fingerprint density at radius 3 is 1.59 bits per heavy atom. The molecule has 0 bridgehead atoms. The lowest BCUT2D eigenvalue weighted by Gasteiger charge is -2.35. The van der Waals surface area contributed by atoms with Crippen molar-refractivity contribution in [2.75, 3.05) is 72.0 Å². The van der Waals surface area contributed by atoms with Gasteiger partial charge in [0.25, 0.3) is 11.8 Å². The van der Waals surface area contributed by atoms with Crippen molar-refractivity contribution < 1.29 is 19.2 Å². The molecule has 2 heterocycles. The summed E-state index contributed by atoms with van der Waals surface area (Å²) in [5, 5.41) is 0.640. The first kappa shape index (κ1) is 26.7. The lowest BCUT2D eigenvalue weighted by Crippen LogP contribution is -2.48. The van der Waals surface area contributed by atoms with Crippen LogP contribution in [0.15, 0.2) is 0 Å². The van der Waals surface area contributed by atoms with Gasteiger partial charge in [0.05, 0.1) is 0 Å². The summed E-state index contributed by atoms with van der Waals surface area (Å²) in [6, 6.07) is 0.208. The zero-order valence-corrected chi connectivity index (χ0v) is 20.6. The number of likely N-dealkylation sites (N-methyl/N-ethyl adjacent to an activating group) is 3. The number of rotatable bonds is 8. The minimum Gasteiger partial charge on any atom is -0.330 e. The number of carbonyl (C=O) groups excluding carboxylic acids is 3. The van der Waals surface area contributed by atoms with Crippen molar-refractivity contribution in [3.63, 3.8) is 0 Å². The predicted molar refractivity (Wildman–Crippen MR) is 124 cm³/mol. The van der Waals surface area contributed by atoms with Gasteiger partial charge in [-0.3, -0.25) is 14.5 Å². The molecular weight excluding hydrogens is 410 g/mol. The second-order valence-corrected chi connectivity index (χ2v) is 8.77. The van der Waals surface area contributed by atoms with E-state index in [1.54, 1.807) is 0 Å². The highest BCUT2D eigenvalue weighted by Gasteiger charge is 2.33. The predicted octanol–water partition coefficient (Wildman–Crippen LogP) is 1.04. The third-order valence-electron chi connectivity index (χ3n) is 6.80. The van der Waals surface area contributed by atoms with E-state index < -0.39 is 17.8 Å². The fourth-order valence-corrected chi connectivity index (χ4v) is 4.26. The Balaban J connectivity index is 1.91. The topological polar surface area (TPSA) is 76.6 Å². The molecular formula is C23H43N5O4. The van der Waals surface area contributed by atoms with Gasteiger partial charge < -0.3 is 19.5 Å². The van der Waals surface area contributed by atoms with Crippen LogP contribution in [0.25, 0.3) is 0 Å². The Morgan fingerprint density at radius 1 is 0.781 bits per heavy atom. The molecule has 0 aliphatic carbocycles. The van der Waals surface area contributed by atoms with Crippen LogP contribution in [-0.2, 0) is 19.2 Å². The highest BCUT2D eigenvalue weighted by Crippen LogP contribution is 2.14. The Morgan fingerprint density at radius 2 is 1.19 bits per heavy atom. The quantitative estimate of drug-likeness (QED) is 0.505. The summed E-state index contributed by atoms with van der Waals surface area (Å²) in [4.78, 5) is 50.6. The second-order valence-electron chi connectivity index (χ2n) is 8.77. The maximum atomic E-state index is 12.2. The molecule has 2 aliphatic heterocycles. The van der Waals surface area contributed by atoms with Crippen molar-refractivity contribution in [3.8, 4) is 0 Å². The molecule has 2 saturated heterocycles. The van der Waals surface area contributed by atoms with Gasteiger partial charge in [0.15, 0.2) is 0 Å².